The number of aryl methyl sites for hydroxylation is 1. The summed E-state index contributed by atoms with van der Waals surface area (Å²) in [5, 5.41) is 14.9. The zero-order valence-corrected chi connectivity index (χ0v) is 16.7. The zero-order chi connectivity index (χ0) is 19.0. The SMILES string of the molecule is CCc1nnc(NC(=O)CCC(=O)NCC2(CN(C)C)CCOCC2)s1. The van der Waals surface area contributed by atoms with Gasteiger partial charge in [0, 0.05) is 44.6 Å². The molecule has 2 N–H and O–H groups in total. The first-order chi connectivity index (χ1) is 12.4. The van der Waals surface area contributed by atoms with Gasteiger partial charge in [-0.3, -0.25) is 9.59 Å². The number of nitrogens with zero attached hydrogens (tertiary/aromatic N) is 3. The van der Waals surface area contributed by atoms with Crippen molar-refractivity contribution in [3.63, 3.8) is 0 Å². The molecule has 1 saturated heterocycles. The summed E-state index contributed by atoms with van der Waals surface area (Å²) in [4.78, 5) is 26.3. The molecule has 8 nitrogen and oxygen atoms in total. The molecule has 0 bridgehead atoms. The molecule has 0 radical (unpaired) electrons. The molecule has 0 saturated carbocycles. The molecule has 26 heavy (non-hydrogen) atoms. The Hall–Kier alpha value is -1.58. The van der Waals surface area contributed by atoms with E-state index >= 15 is 0 Å². The lowest BCUT2D eigenvalue weighted by Gasteiger charge is -2.39. The number of hydrogen-bond acceptors (Lipinski definition) is 7. The number of carbonyl (C=O) groups excluding carboxylic acids is 2. The van der Waals surface area contributed by atoms with Crippen molar-refractivity contribution in [2.24, 2.45) is 5.41 Å². The van der Waals surface area contributed by atoms with Crippen molar-refractivity contribution in [3.05, 3.63) is 5.01 Å². The normalized spacial score (nSPS) is 16.5. The Balaban J connectivity index is 1.74. The van der Waals surface area contributed by atoms with E-state index in [1.54, 1.807) is 0 Å². The Kier molecular flexibility index (Phi) is 7.92. The zero-order valence-electron chi connectivity index (χ0n) is 15.8. The van der Waals surface area contributed by atoms with Crippen LogP contribution in [0.25, 0.3) is 0 Å². The second-order valence-electron chi connectivity index (χ2n) is 7.03. The van der Waals surface area contributed by atoms with Crippen LogP contribution in [0.3, 0.4) is 0 Å². The van der Waals surface area contributed by atoms with Crippen molar-refractivity contribution in [2.75, 3.05) is 45.7 Å². The van der Waals surface area contributed by atoms with Crippen LogP contribution in [0, 0.1) is 5.41 Å². The molecule has 2 amide bonds. The number of amides is 2. The van der Waals surface area contributed by atoms with E-state index in [1.807, 2.05) is 21.0 Å². The number of hydrogen-bond donors (Lipinski definition) is 2. The first-order valence-corrected chi connectivity index (χ1v) is 9.85. The molecular formula is C17H29N5O3S. The fraction of sp³-hybridized carbons (Fsp3) is 0.765. The summed E-state index contributed by atoms with van der Waals surface area (Å²) >= 11 is 1.36. The molecule has 1 fully saturated rings. The first kappa shape index (κ1) is 20.7. The maximum Gasteiger partial charge on any atom is 0.226 e. The van der Waals surface area contributed by atoms with E-state index in [4.69, 9.17) is 4.74 Å². The molecule has 0 atom stereocenters. The third-order valence-electron chi connectivity index (χ3n) is 4.46. The van der Waals surface area contributed by atoms with Gasteiger partial charge in [-0.15, -0.1) is 10.2 Å². The van der Waals surface area contributed by atoms with Crippen molar-refractivity contribution in [1.29, 1.82) is 0 Å². The summed E-state index contributed by atoms with van der Waals surface area (Å²) < 4.78 is 5.46. The van der Waals surface area contributed by atoms with Crippen LogP contribution in [0.5, 0.6) is 0 Å². The summed E-state index contributed by atoms with van der Waals surface area (Å²) in [6, 6.07) is 0. The van der Waals surface area contributed by atoms with Gasteiger partial charge in [0.25, 0.3) is 0 Å². The summed E-state index contributed by atoms with van der Waals surface area (Å²) in [5.41, 5.74) is 0.0444. The molecule has 0 aromatic carbocycles. The fourth-order valence-electron chi connectivity index (χ4n) is 3.10. The first-order valence-electron chi connectivity index (χ1n) is 9.04. The van der Waals surface area contributed by atoms with E-state index in [2.05, 4.69) is 25.7 Å². The molecule has 0 spiro atoms. The highest BCUT2D eigenvalue weighted by Crippen LogP contribution is 2.30. The molecule has 1 aromatic heterocycles. The van der Waals surface area contributed by atoms with Crippen molar-refractivity contribution >= 4 is 28.3 Å². The van der Waals surface area contributed by atoms with Gasteiger partial charge in [0.1, 0.15) is 5.01 Å². The minimum atomic E-state index is -0.215. The lowest BCUT2D eigenvalue weighted by molar-refractivity contribution is -0.125. The van der Waals surface area contributed by atoms with Gasteiger partial charge in [0.05, 0.1) is 0 Å². The van der Waals surface area contributed by atoms with Crippen molar-refractivity contribution < 1.29 is 14.3 Å². The van der Waals surface area contributed by atoms with Crippen LogP contribution in [0.2, 0.25) is 0 Å². The third-order valence-corrected chi connectivity index (χ3v) is 5.44. The largest absolute Gasteiger partial charge is 0.381 e. The minimum absolute atomic E-state index is 0.0444. The Morgan fingerprint density at radius 1 is 1.19 bits per heavy atom. The van der Waals surface area contributed by atoms with Gasteiger partial charge in [0.15, 0.2) is 0 Å². The highest BCUT2D eigenvalue weighted by atomic mass is 32.1. The lowest BCUT2D eigenvalue weighted by Crippen LogP contribution is -2.47. The van der Waals surface area contributed by atoms with E-state index < -0.39 is 0 Å². The van der Waals surface area contributed by atoms with Gasteiger partial charge in [-0.25, -0.2) is 0 Å². The van der Waals surface area contributed by atoms with Gasteiger partial charge < -0.3 is 20.3 Å². The average molecular weight is 384 g/mol. The van der Waals surface area contributed by atoms with Gasteiger partial charge in [-0.1, -0.05) is 18.3 Å². The highest BCUT2D eigenvalue weighted by Gasteiger charge is 2.33. The van der Waals surface area contributed by atoms with Gasteiger partial charge in [-0.05, 0) is 33.4 Å². The predicted molar refractivity (Wildman–Crippen MR) is 101 cm³/mol. The quantitative estimate of drug-likeness (QED) is 0.667. The fourth-order valence-corrected chi connectivity index (χ4v) is 3.79. The lowest BCUT2D eigenvalue weighted by atomic mass is 9.79. The molecule has 146 valence electrons. The van der Waals surface area contributed by atoms with Crippen LogP contribution in [-0.2, 0) is 20.7 Å². The molecule has 9 heteroatoms. The summed E-state index contributed by atoms with van der Waals surface area (Å²) in [5.74, 6) is -0.315. The second-order valence-corrected chi connectivity index (χ2v) is 8.09. The summed E-state index contributed by atoms with van der Waals surface area (Å²) in [6.07, 6.45) is 2.96. The van der Waals surface area contributed by atoms with E-state index in [9.17, 15) is 9.59 Å². The van der Waals surface area contributed by atoms with Crippen LogP contribution in [0.15, 0.2) is 0 Å². The Bertz CT molecular complexity index is 599. The van der Waals surface area contributed by atoms with Crippen molar-refractivity contribution in [2.45, 2.75) is 39.0 Å². The van der Waals surface area contributed by atoms with Crippen LogP contribution in [-0.4, -0.2) is 67.3 Å². The third kappa shape index (κ3) is 6.62. The van der Waals surface area contributed by atoms with Gasteiger partial charge >= 0.3 is 0 Å². The number of ether oxygens (including phenoxy) is 1. The molecule has 2 rings (SSSR count). The molecule has 1 aromatic rings. The maximum absolute atomic E-state index is 12.2. The standard InChI is InChI=1S/C17H29N5O3S/c1-4-15-20-21-16(26-15)19-14(24)6-5-13(23)18-11-17(12-22(2)3)7-9-25-10-8-17/h4-12H2,1-3H3,(H,18,23)(H,19,21,24). The monoisotopic (exact) mass is 383 g/mol. The topological polar surface area (TPSA) is 96.5 Å². The van der Waals surface area contributed by atoms with Gasteiger partial charge in [0.2, 0.25) is 16.9 Å². The Morgan fingerprint density at radius 2 is 1.88 bits per heavy atom. The maximum atomic E-state index is 12.2. The summed E-state index contributed by atoms with van der Waals surface area (Å²) in [7, 11) is 4.08. The number of aromatic nitrogens is 2. The van der Waals surface area contributed by atoms with Crippen LogP contribution in [0.1, 0.15) is 37.6 Å². The van der Waals surface area contributed by atoms with E-state index in [0.717, 1.165) is 44.0 Å². The Labute approximate surface area is 158 Å². The predicted octanol–water partition coefficient (Wildman–Crippen LogP) is 1.29. The number of anilines is 1. The van der Waals surface area contributed by atoms with Crippen LogP contribution < -0.4 is 10.6 Å². The van der Waals surface area contributed by atoms with Crippen molar-refractivity contribution in [1.82, 2.24) is 20.4 Å². The second kappa shape index (κ2) is 9.94. The molecule has 1 aliphatic heterocycles. The molecule has 0 aliphatic carbocycles. The number of rotatable bonds is 9. The van der Waals surface area contributed by atoms with Crippen LogP contribution >= 0.6 is 11.3 Å². The smallest absolute Gasteiger partial charge is 0.226 e. The molecular weight excluding hydrogens is 354 g/mol. The van der Waals surface area contributed by atoms with Crippen molar-refractivity contribution in [3.8, 4) is 0 Å². The molecule has 0 unspecified atom stereocenters. The number of nitrogens with one attached hydrogen (secondary N) is 2. The van der Waals surface area contributed by atoms with E-state index in [-0.39, 0.29) is 30.1 Å². The number of carbonyl (C=O) groups is 2. The van der Waals surface area contributed by atoms with E-state index in [1.165, 1.54) is 11.3 Å². The summed E-state index contributed by atoms with van der Waals surface area (Å²) in [6.45, 7) is 4.97. The minimum Gasteiger partial charge on any atom is -0.381 e. The van der Waals surface area contributed by atoms with E-state index in [0.29, 0.717) is 11.7 Å². The Morgan fingerprint density at radius 3 is 2.50 bits per heavy atom. The average Bonchev–Trinajstić information content (AvgIpc) is 3.06. The molecule has 1 aliphatic rings. The van der Waals surface area contributed by atoms with Gasteiger partial charge in [-0.2, -0.15) is 0 Å². The molecule has 2 heterocycles. The van der Waals surface area contributed by atoms with Crippen LogP contribution in [0.4, 0.5) is 5.13 Å². The highest BCUT2D eigenvalue weighted by molar-refractivity contribution is 7.15.